The average Bonchev–Trinajstić information content (AvgIpc) is 2.90. The molecule has 5 nitrogen and oxygen atoms in total. The first-order valence-corrected chi connectivity index (χ1v) is 6.31. The van der Waals surface area contributed by atoms with Crippen LogP contribution in [0.25, 0.3) is 0 Å². The fourth-order valence-electron chi connectivity index (χ4n) is 1.76. The summed E-state index contributed by atoms with van der Waals surface area (Å²) in [5, 5.41) is 0. The van der Waals surface area contributed by atoms with Crippen molar-refractivity contribution in [3.05, 3.63) is 42.0 Å². The van der Waals surface area contributed by atoms with Crippen LogP contribution in [0, 0.1) is 5.82 Å². The second-order valence-corrected chi connectivity index (χ2v) is 3.96. The number of oxazole rings is 1. The number of esters is 1. The van der Waals surface area contributed by atoms with Crippen molar-refractivity contribution in [2.75, 3.05) is 18.1 Å². The third-order valence-corrected chi connectivity index (χ3v) is 2.64. The zero-order chi connectivity index (χ0) is 14.5. The van der Waals surface area contributed by atoms with Crippen molar-refractivity contribution < 1.29 is 18.3 Å². The van der Waals surface area contributed by atoms with Crippen molar-refractivity contribution >= 4 is 17.7 Å². The van der Waals surface area contributed by atoms with Gasteiger partial charge >= 0.3 is 12.0 Å². The molecule has 0 amide bonds. The van der Waals surface area contributed by atoms with E-state index in [1.54, 1.807) is 24.0 Å². The summed E-state index contributed by atoms with van der Waals surface area (Å²) >= 11 is 0. The highest BCUT2D eigenvalue weighted by Gasteiger charge is 2.18. The Hall–Kier alpha value is -2.37. The summed E-state index contributed by atoms with van der Waals surface area (Å²) in [6.45, 7) is 4.37. The van der Waals surface area contributed by atoms with Crippen molar-refractivity contribution in [2.45, 2.75) is 13.8 Å². The van der Waals surface area contributed by atoms with Gasteiger partial charge < -0.3 is 9.15 Å². The molecule has 0 atom stereocenters. The van der Waals surface area contributed by atoms with E-state index in [0.717, 1.165) is 0 Å². The van der Waals surface area contributed by atoms with Gasteiger partial charge in [-0.15, -0.1) is 0 Å². The highest BCUT2D eigenvalue weighted by molar-refractivity contribution is 5.87. The molecule has 0 saturated heterocycles. The molecule has 0 saturated carbocycles. The number of hydrogen-bond donors (Lipinski definition) is 0. The fourth-order valence-corrected chi connectivity index (χ4v) is 1.76. The zero-order valence-electron chi connectivity index (χ0n) is 11.3. The van der Waals surface area contributed by atoms with Gasteiger partial charge in [0, 0.05) is 12.2 Å². The molecule has 0 aliphatic heterocycles. The topological polar surface area (TPSA) is 55.6 Å². The Kier molecular flexibility index (Phi) is 4.34. The molecule has 6 heteroatoms. The number of carbonyl (C=O) groups excluding carboxylic acids is 1. The number of ether oxygens (including phenoxy) is 1. The molecule has 0 aliphatic carbocycles. The molecule has 0 radical (unpaired) electrons. The number of carbonyl (C=O) groups is 1. The first-order valence-electron chi connectivity index (χ1n) is 6.31. The number of hydrogen-bond acceptors (Lipinski definition) is 5. The van der Waals surface area contributed by atoms with Crippen molar-refractivity contribution in [3.8, 4) is 0 Å². The summed E-state index contributed by atoms with van der Waals surface area (Å²) in [4.78, 5) is 17.3. The Morgan fingerprint density at radius 3 is 2.90 bits per heavy atom. The van der Waals surface area contributed by atoms with Crippen molar-refractivity contribution in [1.29, 1.82) is 0 Å². The van der Waals surface area contributed by atoms with Crippen molar-refractivity contribution in [1.82, 2.24) is 4.98 Å². The van der Waals surface area contributed by atoms with E-state index in [-0.39, 0.29) is 24.1 Å². The van der Waals surface area contributed by atoms with Crippen LogP contribution < -0.4 is 4.90 Å². The maximum Gasteiger partial charge on any atom is 0.360 e. The summed E-state index contributed by atoms with van der Waals surface area (Å²) in [6.07, 6.45) is 1.23. The monoisotopic (exact) mass is 278 g/mol. The lowest BCUT2D eigenvalue weighted by atomic mass is 10.3. The number of benzene rings is 1. The van der Waals surface area contributed by atoms with Gasteiger partial charge in [0.2, 0.25) is 0 Å². The van der Waals surface area contributed by atoms with Gasteiger partial charge in [0.05, 0.1) is 6.61 Å². The Morgan fingerprint density at radius 1 is 1.45 bits per heavy atom. The number of aromatic nitrogens is 1. The van der Waals surface area contributed by atoms with Gasteiger partial charge in [-0.3, -0.25) is 4.90 Å². The maximum absolute atomic E-state index is 13.3. The number of halogens is 1. The zero-order valence-corrected chi connectivity index (χ0v) is 11.3. The first kappa shape index (κ1) is 14.0. The van der Waals surface area contributed by atoms with Gasteiger partial charge in [-0.05, 0) is 32.0 Å². The molecular weight excluding hydrogens is 263 g/mol. The van der Waals surface area contributed by atoms with E-state index in [1.807, 2.05) is 6.92 Å². The van der Waals surface area contributed by atoms with Gasteiger partial charge in [0.15, 0.2) is 5.69 Å². The largest absolute Gasteiger partial charge is 0.461 e. The molecule has 2 aromatic rings. The van der Waals surface area contributed by atoms with Crippen LogP contribution in [0.5, 0.6) is 0 Å². The molecule has 1 aromatic carbocycles. The quantitative estimate of drug-likeness (QED) is 0.786. The maximum atomic E-state index is 13.3. The molecule has 0 N–H and O–H groups in total. The third kappa shape index (κ3) is 2.96. The second-order valence-electron chi connectivity index (χ2n) is 3.96. The lowest BCUT2D eigenvalue weighted by molar-refractivity contribution is 0.0519. The predicted octanol–water partition coefficient (Wildman–Crippen LogP) is 3.15. The van der Waals surface area contributed by atoms with E-state index in [4.69, 9.17) is 9.15 Å². The normalized spacial score (nSPS) is 10.3. The van der Waals surface area contributed by atoms with Gasteiger partial charge in [-0.2, -0.15) is 4.98 Å². The van der Waals surface area contributed by atoms with Crippen LogP contribution in [0.15, 0.2) is 34.9 Å². The van der Waals surface area contributed by atoms with E-state index in [1.165, 1.54) is 18.4 Å². The van der Waals surface area contributed by atoms with E-state index >= 15 is 0 Å². The molecule has 0 bridgehead atoms. The molecule has 2 rings (SSSR count). The molecule has 20 heavy (non-hydrogen) atoms. The van der Waals surface area contributed by atoms with Crippen LogP contribution in [0.1, 0.15) is 24.3 Å². The Morgan fingerprint density at radius 2 is 2.25 bits per heavy atom. The Labute approximate surface area is 116 Å². The fraction of sp³-hybridized carbons (Fsp3) is 0.286. The van der Waals surface area contributed by atoms with E-state index in [0.29, 0.717) is 12.2 Å². The minimum absolute atomic E-state index is 0.0942. The smallest absolute Gasteiger partial charge is 0.360 e. The molecule has 1 aromatic heterocycles. The minimum atomic E-state index is -0.544. The SMILES string of the molecule is CCOC(=O)c1coc(N(CC)c2cccc(F)c2)n1. The summed E-state index contributed by atoms with van der Waals surface area (Å²) in [5.41, 5.74) is 0.696. The number of anilines is 2. The van der Waals surface area contributed by atoms with Crippen molar-refractivity contribution in [2.24, 2.45) is 0 Å². The average molecular weight is 278 g/mol. The van der Waals surface area contributed by atoms with Crippen molar-refractivity contribution in [3.63, 3.8) is 0 Å². The number of nitrogens with zero attached hydrogens (tertiary/aromatic N) is 2. The van der Waals surface area contributed by atoms with Crippen LogP contribution in [-0.2, 0) is 4.74 Å². The van der Waals surface area contributed by atoms with E-state index in [2.05, 4.69) is 4.98 Å². The molecule has 1 heterocycles. The van der Waals surface area contributed by atoms with Gasteiger partial charge in [-0.25, -0.2) is 9.18 Å². The van der Waals surface area contributed by atoms with Crippen LogP contribution >= 0.6 is 0 Å². The first-order chi connectivity index (χ1) is 9.65. The van der Waals surface area contributed by atoms with E-state index < -0.39 is 5.97 Å². The van der Waals surface area contributed by atoms with E-state index in [9.17, 15) is 9.18 Å². The van der Waals surface area contributed by atoms with Crippen LogP contribution in [-0.4, -0.2) is 24.1 Å². The summed E-state index contributed by atoms with van der Waals surface area (Å²) < 4.78 is 23.4. The lowest BCUT2D eigenvalue weighted by Crippen LogP contribution is -2.17. The standard InChI is InChI=1S/C14H15FN2O3/c1-3-17(11-7-5-6-10(15)8-11)14-16-12(9-20-14)13(18)19-4-2/h5-9H,3-4H2,1-2H3. The predicted molar refractivity (Wildman–Crippen MR) is 71.5 cm³/mol. The van der Waals surface area contributed by atoms with Crippen LogP contribution in [0.3, 0.4) is 0 Å². The molecular formula is C14H15FN2O3. The molecule has 0 unspecified atom stereocenters. The third-order valence-electron chi connectivity index (χ3n) is 2.64. The summed E-state index contributed by atoms with van der Waals surface area (Å²) in [7, 11) is 0. The van der Waals surface area contributed by atoms with Gasteiger partial charge in [-0.1, -0.05) is 6.07 Å². The molecule has 106 valence electrons. The second kappa shape index (κ2) is 6.18. The van der Waals surface area contributed by atoms with Crippen LogP contribution in [0.2, 0.25) is 0 Å². The Balaban J connectivity index is 2.26. The van der Waals surface area contributed by atoms with Crippen LogP contribution in [0.4, 0.5) is 16.1 Å². The summed E-state index contributed by atoms with van der Waals surface area (Å²) in [6, 6.07) is 6.29. The number of rotatable bonds is 5. The molecule has 0 aliphatic rings. The summed E-state index contributed by atoms with van der Waals surface area (Å²) in [5.74, 6) is -0.893. The highest BCUT2D eigenvalue weighted by atomic mass is 19.1. The molecule has 0 fully saturated rings. The van der Waals surface area contributed by atoms with Gasteiger partial charge in [0.1, 0.15) is 12.1 Å². The minimum Gasteiger partial charge on any atom is -0.461 e. The lowest BCUT2D eigenvalue weighted by Gasteiger charge is -2.18. The van der Waals surface area contributed by atoms with Gasteiger partial charge in [0.25, 0.3) is 0 Å². The highest BCUT2D eigenvalue weighted by Crippen LogP contribution is 2.25. The molecule has 0 spiro atoms. The Bertz CT molecular complexity index is 598.